The molecule has 3 nitrogen and oxygen atoms in total. The Labute approximate surface area is 106 Å². The first kappa shape index (κ1) is 12.0. The lowest BCUT2D eigenvalue weighted by Crippen LogP contribution is -2.02. The second-order valence-electron chi connectivity index (χ2n) is 3.69. The Bertz CT molecular complexity index is 562. The minimum atomic E-state index is -0.329. The Morgan fingerprint density at radius 2 is 1.83 bits per heavy atom. The number of aromatic nitrogens is 1. The third-order valence-electron chi connectivity index (χ3n) is 2.53. The number of rotatable bonds is 3. The van der Waals surface area contributed by atoms with E-state index in [0.717, 1.165) is 11.1 Å². The van der Waals surface area contributed by atoms with Crippen molar-refractivity contribution < 1.29 is 9.53 Å². The van der Waals surface area contributed by atoms with Crippen LogP contribution in [0.15, 0.2) is 48.8 Å². The summed E-state index contributed by atoms with van der Waals surface area (Å²) in [7, 11) is 1.38. The van der Waals surface area contributed by atoms with Crippen LogP contribution in [0.2, 0.25) is 0 Å². The summed E-state index contributed by atoms with van der Waals surface area (Å²) >= 11 is 0. The van der Waals surface area contributed by atoms with E-state index in [1.165, 1.54) is 7.11 Å². The Kier molecular flexibility index (Phi) is 3.86. The predicted molar refractivity (Wildman–Crippen MR) is 70.9 cm³/mol. The fourth-order valence-corrected chi connectivity index (χ4v) is 1.60. The maximum absolute atomic E-state index is 11.6. The lowest BCUT2D eigenvalue weighted by Gasteiger charge is -2.03. The molecule has 0 amide bonds. The van der Waals surface area contributed by atoms with Gasteiger partial charge in [0.1, 0.15) is 0 Å². The van der Waals surface area contributed by atoms with Crippen LogP contribution < -0.4 is 0 Å². The van der Waals surface area contributed by atoms with Gasteiger partial charge in [0.2, 0.25) is 0 Å². The van der Waals surface area contributed by atoms with E-state index in [1.807, 2.05) is 42.5 Å². The number of pyridine rings is 1. The number of hydrogen-bond donors (Lipinski definition) is 0. The van der Waals surface area contributed by atoms with Gasteiger partial charge in [0.15, 0.2) is 0 Å². The van der Waals surface area contributed by atoms with E-state index in [0.29, 0.717) is 5.56 Å². The molecule has 0 radical (unpaired) electrons. The standard InChI is InChI=1S/C15H13NO2/c1-18-15(17)14-5-3-2-4-13(14)7-6-12-8-10-16-11-9-12/h2-11H,1H3/b7-6+. The van der Waals surface area contributed by atoms with Crippen LogP contribution in [0, 0.1) is 0 Å². The second-order valence-corrected chi connectivity index (χ2v) is 3.69. The average Bonchev–Trinajstić information content (AvgIpc) is 2.45. The van der Waals surface area contributed by atoms with Crippen molar-refractivity contribution in [2.45, 2.75) is 0 Å². The minimum Gasteiger partial charge on any atom is -0.465 e. The molecule has 2 aromatic rings. The molecule has 0 atom stereocenters. The van der Waals surface area contributed by atoms with Crippen molar-refractivity contribution in [3.63, 3.8) is 0 Å². The number of nitrogens with zero attached hydrogens (tertiary/aromatic N) is 1. The summed E-state index contributed by atoms with van der Waals surface area (Å²) in [5.74, 6) is -0.329. The van der Waals surface area contributed by atoms with Gasteiger partial charge in [0.05, 0.1) is 12.7 Å². The average molecular weight is 239 g/mol. The zero-order valence-corrected chi connectivity index (χ0v) is 10.0. The van der Waals surface area contributed by atoms with Crippen LogP contribution in [0.1, 0.15) is 21.5 Å². The summed E-state index contributed by atoms with van der Waals surface area (Å²) in [6.07, 6.45) is 7.28. The molecule has 1 aromatic heterocycles. The molecule has 0 saturated heterocycles. The summed E-state index contributed by atoms with van der Waals surface area (Å²) in [6, 6.07) is 11.1. The molecule has 0 fully saturated rings. The third kappa shape index (κ3) is 2.83. The number of ether oxygens (including phenoxy) is 1. The Hall–Kier alpha value is -2.42. The third-order valence-corrected chi connectivity index (χ3v) is 2.53. The maximum Gasteiger partial charge on any atom is 0.338 e. The van der Waals surface area contributed by atoms with Crippen LogP contribution in [0.3, 0.4) is 0 Å². The fraction of sp³-hybridized carbons (Fsp3) is 0.0667. The van der Waals surface area contributed by atoms with Crippen LogP contribution >= 0.6 is 0 Å². The number of hydrogen-bond acceptors (Lipinski definition) is 3. The van der Waals surface area contributed by atoms with E-state index >= 15 is 0 Å². The molecular formula is C15H13NO2. The number of esters is 1. The Morgan fingerprint density at radius 1 is 1.11 bits per heavy atom. The van der Waals surface area contributed by atoms with E-state index in [-0.39, 0.29) is 5.97 Å². The molecule has 1 heterocycles. The van der Waals surface area contributed by atoms with Gasteiger partial charge in [-0.3, -0.25) is 4.98 Å². The summed E-state index contributed by atoms with van der Waals surface area (Å²) in [5, 5.41) is 0. The van der Waals surface area contributed by atoms with Crippen molar-refractivity contribution in [2.75, 3.05) is 7.11 Å². The number of carbonyl (C=O) groups excluding carboxylic acids is 1. The fourth-order valence-electron chi connectivity index (χ4n) is 1.60. The minimum absolute atomic E-state index is 0.329. The lowest BCUT2D eigenvalue weighted by molar-refractivity contribution is 0.0600. The summed E-state index contributed by atoms with van der Waals surface area (Å²) in [5.41, 5.74) is 2.43. The van der Waals surface area contributed by atoms with Crippen LogP contribution in [0.5, 0.6) is 0 Å². The van der Waals surface area contributed by atoms with Gasteiger partial charge in [-0.25, -0.2) is 4.79 Å². The van der Waals surface area contributed by atoms with Gasteiger partial charge in [-0.05, 0) is 29.3 Å². The summed E-state index contributed by atoms with van der Waals surface area (Å²) < 4.78 is 4.75. The van der Waals surface area contributed by atoms with Crippen molar-refractivity contribution in [3.8, 4) is 0 Å². The van der Waals surface area contributed by atoms with Crippen LogP contribution in [0.25, 0.3) is 12.2 Å². The van der Waals surface area contributed by atoms with Crippen molar-refractivity contribution in [1.82, 2.24) is 4.98 Å². The molecule has 0 unspecified atom stereocenters. The highest BCUT2D eigenvalue weighted by atomic mass is 16.5. The molecule has 0 bridgehead atoms. The molecular weight excluding hydrogens is 226 g/mol. The highest BCUT2D eigenvalue weighted by Gasteiger charge is 2.08. The first-order valence-electron chi connectivity index (χ1n) is 5.56. The van der Waals surface area contributed by atoms with Crippen molar-refractivity contribution >= 4 is 18.1 Å². The SMILES string of the molecule is COC(=O)c1ccccc1/C=C/c1ccncc1. The van der Waals surface area contributed by atoms with Crippen molar-refractivity contribution in [3.05, 3.63) is 65.5 Å². The van der Waals surface area contributed by atoms with Gasteiger partial charge in [0, 0.05) is 12.4 Å². The topological polar surface area (TPSA) is 39.2 Å². The zero-order valence-electron chi connectivity index (χ0n) is 10.0. The number of carbonyl (C=O) groups is 1. The molecule has 3 heteroatoms. The van der Waals surface area contributed by atoms with Crippen LogP contribution in [-0.2, 0) is 4.74 Å². The van der Waals surface area contributed by atoms with Gasteiger partial charge in [-0.1, -0.05) is 30.4 Å². The monoisotopic (exact) mass is 239 g/mol. The van der Waals surface area contributed by atoms with Gasteiger partial charge in [0.25, 0.3) is 0 Å². The quantitative estimate of drug-likeness (QED) is 0.773. The Morgan fingerprint density at radius 3 is 2.56 bits per heavy atom. The molecule has 0 aliphatic rings. The highest BCUT2D eigenvalue weighted by molar-refractivity contribution is 5.94. The highest BCUT2D eigenvalue weighted by Crippen LogP contribution is 2.13. The van der Waals surface area contributed by atoms with Gasteiger partial charge in [-0.15, -0.1) is 0 Å². The molecule has 0 saturated carbocycles. The number of methoxy groups -OCH3 is 1. The molecule has 0 aliphatic heterocycles. The normalized spacial score (nSPS) is 10.5. The first-order valence-corrected chi connectivity index (χ1v) is 5.56. The second kappa shape index (κ2) is 5.77. The molecule has 0 aliphatic carbocycles. The van der Waals surface area contributed by atoms with Crippen molar-refractivity contribution in [2.24, 2.45) is 0 Å². The van der Waals surface area contributed by atoms with Crippen LogP contribution in [0.4, 0.5) is 0 Å². The molecule has 18 heavy (non-hydrogen) atoms. The molecule has 90 valence electrons. The maximum atomic E-state index is 11.6. The van der Waals surface area contributed by atoms with Gasteiger partial charge >= 0.3 is 5.97 Å². The van der Waals surface area contributed by atoms with E-state index < -0.39 is 0 Å². The van der Waals surface area contributed by atoms with E-state index in [9.17, 15) is 4.79 Å². The Balaban J connectivity index is 2.29. The largest absolute Gasteiger partial charge is 0.465 e. The molecule has 0 spiro atoms. The van der Waals surface area contributed by atoms with E-state index in [2.05, 4.69) is 4.98 Å². The van der Waals surface area contributed by atoms with Crippen molar-refractivity contribution in [1.29, 1.82) is 0 Å². The predicted octanol–water partition coefficient (Wildman–Crippen LogP) is 3.04. The van der Waals surface area contributed by atoms with Gasteiger partial charge < -0.3 is 4.74 Å². The summed E-state index contributed by atoms with van der Waals surface area (Å²) in [6.45, 7) is 0. The lowest BCUT2D eigenvalue weighted by atomic mass is 10.1. The van der Waals surface area contributed by atoms with Gasteiger partial charge in [-0.2, -0.15) is 0 Å². The van der Waals surface area contributed by atoms with E-state index in [1.54, 1.807) is 18.5 Å². The molecule has 1 aromatic carbocycles. The molecule has 2 rings (SSSR count). The first-order chi connectivity index (χ1) is 8.81. The zero-order chi connectivity index (χ0) is 12.8. The summed E-state index contributed by atoms with van der Waals surface area (Å²) in [4.78, 5) is 15.5. The molecule has 0 N–H and O–H groups in total. The van der Waals surface area contributed by atoms with E-state index in [4.69, 9.17) is 4.74 Å². The number of benzene rings is 1. The smallest absolute Gasteiger partial charge is 0.338 e. The van der Waals surface area contributed by atoms with Crippen LogP contribution in [-0.4, -0.2) is 18.1 Å².